The molecule has 1 aliphatic heterocycles. The molecule has 4 rings (SSSR count). The molecule has 0 bridgehead atoms. The van der Waals surface area contributed by atoms with E-state index in [1.165, 1.54) is 18.2 Å². The number of carboxylic acid groups (broad SMARTS) is 1. The third-order valence-electron chi connectivity index (χ3n) is 5.38. The number of carbonyl (C=O) groups is 1. The lowest BCUT2D eigenvalue weighted by Gasteiger charge is -2.39. The molecule has 3 aromatic rings. The van der Waals surface area contributed by atoms with Crippen LogP contribution in [0.25, 0.3) is 16.6 Å². The fourth-order valence-electron chi connectivity index (χ4n) is 3.79. The Balaban J connectivity index is 1.80. The largest absolute Gasteiger partial charge is 0.481 e. The minimum Gasteiger partial charge on any atom is -0.481 e. The van der Waals surface area contributed by atoms with E-state index < -0.39 is 29.7 Å². The van der Waals surface area contributed by atoms with Crippen molar-refractivity contribution in [1.82, 2.24) is 4.57 Å². The number of alkyl halides is 5. The Morgan fingerprint density at radius 1 is 1.06 bits per heavy atom. The predicted molar refractivity (Wildman–Crippen MR) is 108 cm³/mol. The van der Waals surface area contributed by atoms with E-state index in [1.807, 2.05) is 0 Å². The Kier molecular flexibility index (Phi) is 5.06. The topological polar surface area (TPSA) is 54.7 Å². The number of aromatic nitrogens is 1. The summed E-state index contributed by atoms with van der Waals surface area (Å²) in [6.07, 6.45) is -6.33. The van der Waals surface area contributed by atoms with Crippen LogP contribution in [0.3, 0.4) is 0 Å². The molecule has 0 aliphatic carbocycles. The molecule has 170 valence electrons. The highest BCUT2D eigenvalue weighted by atomic mass is 19.4. The van der Waals surface area contributed by atoms with Crippen LogP contribution in [0.15, 0.2) is 42.6 Å². The first-order valence-corrected chi connectivity index (χ1v) is 9.71. The van der Waals surface area contributed by atoms with Gasteiger partial charge >= 0.3 is 18.3 Å². The van der Waals surface area contributed by atoms with Gasteiger partial charge in [-0.2, -0.15) is 22.0 Å². The maximum Gasteiger partial charge on any atom is 0.416 e. The van der Waals surface area contributed by atoms with Crippen molar-refractivity contribution in [1.29, 1.82) is 0 Å². The molecule has 10 heteroatoms. The van der Waals surface area contributed by atoms with Crippen molar-refractivity contribution in [2.45, 2.75) is 26.1 Å². The molecule has 0 amide bonds. The van der Waals surface area contributed by atoms with Crippen LogP contribution in [0.2, 0.25) is 0 Å². The van der Waals surface area contributed by atoms with E-state index in [-0.39, 0.29) is 18.8 Å². The smallest absolute Gasteiger partial charge is 0.416 e. The first kappa shape index (κ1) is 21.9. The first-order chi connectivity index (χ1) is 14.8. The SMILES string of the molecule is Cc1cn(-c2cc(OC(C)(F)F)cc(N3CC(C(=O)O)C3)c2)c2ccc(C(F)(F)F)cc12. The number of ether oxygens (including phenoxy) is 1. The van der Waals surface area contributed by atoms with Crippen LogP contribution in [-0.2, 0) is 11.0 Å². The summed E-state index contributed by atoms with van der Waals surface area (Å²) in [5.41, 5.74) is 1.14. The number of benzene rings is 2. The number of rotatable bonds is 5. The molecule has 1 aliphatic rings. The molecule has 0 unspecified atom stereocenters. The van der Waals surface area contributed by atoms with E-state index in [0.29, 0.717) is 34.8 Å². The zero-order valence-electron chi connectivity index (χ0n) is 17.1. The fraction of sp³-hybridized carbons (Fsp3) is 0.318. The van der Waals surface area contributed by atoms with Gasteiger partial charge < -0.3 is 19.3 Å². The Labute approximate surface area is 179 Å². The Bertz CT molecular complexity index is 1190. The number of hydrogen-bond acceptors (Lipinski definition) is 3. The molecular weight excluding hydrogens is 435 g/mol. The number of halogens is 5. The molecule has 1 aromatic heterocycles. The van der Waals surface area contributed by atoms with Crippen LogP contribution in [0.4, 0.5) is 27.6 Å². The second kappa shape index (κ2) is 7.39. The zero-order chi connectivity index (χ0) is 23.4. The summed E-state index contributed by atoms with van der Waals surface area (Å²) in [6.45, 7) is 2.67. The number of anilines is 1. The van der Waals surface area contributed by atoms with E-state index in [9.17, 15) is 26.7 Å². The standard InChI is InChI=1S/C22H19F5N2O3/c1-12-9-29(19-4-3-14(5-18(12)19)22(25,26)27)16-6-15(28-10-13(11-28)20(30)31)7-17(8-16)32-21(2,23)24/h3-9,13H,10-11H2,1-2H3,(H,30,31). The molecule has 1 saturated heterocycles. The van der Waals surface area contributed by atoms with Crippen LogP contribution < -0.4 is 9.64 Å². The minimum absolute atomic E-state index is 0.143. The molecule has 0 spiro atoms. The molecular formula is C22H19F5N2O3. The molecule has 2 heterocycles. The quantitative estimate of drug-likeness (QED) is 0.520. The highest BCUT2D eigenvalue weighted by molar-refractivity contribution is 5.86. The second-order valence-electron chi connectivity index (χ2n) is 7.95. The number of aryl methyl sites for hydroxylation is 1. The first-order valence-electron chi connectivity index (χ1n) is 9.71. The van der Waals surface area contributed by atoms with E-state index >= 15 is 0 Å². The molecule has 0 saturated carbocycles. The summed E-state index contributed by atoms with van der Waals surface area (Å²) in [6, 6.07) is 7.76. The number of fused-ring (bicyclic) bond motifs is 1. The maximum atomic E-state index is 13.5. The third-order valence-corrected chi connectivity index (χ3v) is 5.38. The predicted octanol–water partition coefficient (Wildman–Crippen LogP) is 5.47. The van der Waals surface area contributed by atoms with Crippen LogP contribution >= 0.6 is 0 Å². The highest BCUT2D eigenvalue weighted by Gasteiger charge is 2.34. The summed E-state index contributed by atoms with van der Waals surface area (Å²) in [7, 11) is 0. The second-order valence-corrected chi connectivity index (χ2v) is 7.95. The molecule has 0 atom stereocenters. The summed E-state index contributed by atoms with van der Waals surface area (Å²) in [5.74, 6) is -1.65. The summed E-state index contributed by atoms with van der Waals surface area (Å²) < 4.78 is 72.8. The molecule has 5 nitrogen and oxygen atoms in total. The van der Waals surface area contributed by atoms with Crippen LogP contribution in [0.1, 0.15) is 18.1 Å². The minimum atomic E-state index is -4.49. The van der Waals surface area contributed by atoms with E-state index in [2.05, 4.69) is 0 Å². The van der Waals surface area contributed by atoms with Gasteiger partial charge in [0.2, 0.25) is 0 Å². The van der Waals surface area contributed by atoms with Gasteiger partial charge in [0.05, 0.1) is 22.7 Å². The van der Waals surface area contributed by atoms with Crippen LogP contribution in [0, 0.1) is 12.8 Å². The van der Waals surface area contributed by atoms with Crippen molar-refractivity contribution in [2.24, 2.45) is 5.92 Å². The molecule has 1 fully saturated rings. The van der Waals surface area contributed by atoms with Crippen LogP contribution in [-0.4, -0.2) is 34.8 Å². The van der Waals surface area contributed by atoms with Crippen molar-refractivity contribution in [3.05, 3.63) is 53.7 Å². The van der Waals surface area contributed by atoms with E-state index in [4.69, 9.17) is 9.84 Å². The number of hydrogen-bond donors (Lipinski definition) is 1. The van der Waals surface area contributed by atoms with Gasteiger partial charge in [-0.05, 0) is 36.8 Å². The van der Waals surface area contributed by atoms with Crippen molar-refractivity contribution in [3.8, 4) is 11.4 Å². The molecule has 2 aromatic carbocycles. The van der Waals surface area contributed by atoms with Crippen molar-refractivity contribution >= 4 is 22.6 Å². The van der Waals surface area contributed by atoms with Crippen molar-refractivity contribution < 1.29 is 36.6 Å². The maximum absolute atomic E-state index is 13.5. The number of aliphatic carboxylic acids is 1. The third kappa shape index (κ3) is 4.21. The average molecular weight is 454 g/mol. The molecule has 1 N–H and O–H groups in total. The van der Waals surface area contributed by atoms with Gasteiger partial charge in [-0.25, -0.2) is 0 Å². The highest BCUT2D eigenvalue weighted by Crippen LogP contribution is 2.37. The monoisotopic (exact) mass is 454 g/mol. The summed E-state index contributed by atoms with van der Waals surface area (Å²) >= 11 is 0. The lowest BCUT2D eigenvalue weighted by atomic mass is 9.99. The lowest BCUT2D eigenvalue weighted by Crippen LogP contribution is -2.50. The summed E-state index contributed by atoms with van der Waals surface area (Å²) in [4.78, 5) is 12.8. The van der Waals surface area contributed by atoms with Gasteiger partial charge in [0.1, 0.15) is 5.75 Å². The van der Waals surface area contributed by atoms with Gasteiger partial charge in [-0.3, -0.25) is 4.79 Å². The van der Waals surface area contributed by atoms with E-state index in [0.717, 1.165) is 12.1 Å². The summed E-state index contributed by atoms with van der Waals surface area (Å²) in [5, 5.41) is 9.48. The average Bonchev–Trinajstić information content (AvgIpc) is 2.94. The van der Waals surface area contributed by atoms with Crippen LogP contribution in [0.5, 0.6) is 5.75 Å². The zero-order valence-corrected chi connectivity index (χ0v) is 17.1. The number of nitrogens with zero attached hydrogens (tertiary/aromatic N) is 2. The fourth-order valence-corrected chi connectivity index (χ4v) is 3.79. The lowest BCUT2D eigenvalue weighted by molar-refractivity contribution is -0.158. The van der Waals surface area contributed by atoms with Gasteiger partial charge in [-0.15, -0.1) is 0 Å². The normalized spacial score (nSPS) is 15.2. The van der Waals surface area contributed by atoms with Gasteiger partial charge in [-0.1, -0.05) is 0 Å². The Morgan fingerprint density at radius 3 is 2.31 bits per heavy atom. The number of carboxylic acids is 1. The Hall–Kier alpha value is -3.30. The van der Waals surface area contributed by atoms with Crippen molar-refractivity contribution in [2.75, 3.05) is 18.0 Å². The van der Waals surface area contributed by atoms with Crippen molar-refractivity contribution in [3.63, 3.8) is 0 Å². The molecule has 0 radical (unpaired) electrons. The van der Waals surface area contributed by atoms with Gasteiger partial charge in [0.25, 0.3) is 0 Å². The van der Waals surface area contributed by atoms with Gasteiger partial charge in [0, 0.05) is 49.4 Å². The molecule has 32 heavy (non-hydrogen) atoms. The Morgan fingerprint density at radius 2 is 1.72 bits per heavy atom. The van der Waals surface area contributed by atoms with Gasteiger partial charge in [0.15, 0.2) is 0 Å². The van der Waals surface area contributed by atoms with E-state index in [1.54, 1.807) is 28.7 Å².